The van der Waals surface area contributed by atoms with Crippen LogP contribution in [0.25, 0.3) is 0 Å². The Morgan fingerprint density at radius 2 is 1.68 bits per heavy atom. The second-order valence-corrected chi connectivity index (χ2v) is 12.5. The molecule has 1 N–H and O–H groups in total. The second-order valence-electron chi connectivity index (χ2n) is 12.5. The zero-order valence-corrected chi connectivity index (χ0v) is 27.8. The molecule has 0 radical (unpaired) electrons. The van der Waals surface area contributed by atoms with Crippen molar-refractivity contribution in [2.75, 3.05) is 30.5 Å². The predicted octanol–water partition coefficient (Wildman–Crippen LogP) is 7.39. The molecule has 3 heterocycles. The first-order chi connectivity index (χ1) is 23.1. The lowest BCUT2D eigenvalue weighted by Crippen LogP contribution is -2.27. The molecule has 2 aliphatic rings. The molecule has 0 spiro atoms. The molecule has 1 saturated carbocycles. The van der Waals surface area contributed by atoms with E-state index in [1.807, 2.05) is 42.7 Å². The van der Waals surface area contributed by atoms with Crippen LogP contribution in [-0.4, -0.2) is 52.0 Å². The van der Waals surface area contributed by atoms with E-state index in [0.717, 1.165) is 86.3 Å². The Kier molecular flexibility index (Phi) is 10.5. The van der Waals surface area contributed by atoms with Crippen molar-refractivity contribution in [2.45, 2.75) is 90.3 Å². The summed E-state index contributed by atoms with van der Waals surface area (Å²) in [5.41, 5.74) is 4.62. The van der Waals surface area contributed by atoms with Crippen LogP contribution >= 0.6 is 0 Å². The lowest BCUT2D eigenvalue weighted by molar-refractivity contribution is 0.0995. The first kappa shape index (κ1) is 32.3. The number of carbonyl (C=O) groups is 1. The zero-order valence-electron chi connectivity index (χ0n) is 27.8. The number of amides is 1. The number of aromatic nitrogens is 4. The van der Waals surface area contributed by atoms with Gasteiger partial charge in [-0.1, -0.05) is 44.9 Å². The van der Waals surface area contributed by atoms with E-state index < -0.39 is 0 Å². The minimum absolute atomic E-state index is 0.0367. The van der Waals surface area contributed by atoms with Crippen molar-refractivity contribution in [3.63, 3.8) is 0 Å². The Balaban J connectivity index is 1.11. The number of pyridine rings is 1. The van der Waals surface area contributed by atoms with Crippen molar-refractivity contribution in [3.05, 3.63) is 83.4 Å². The Labute approximate surface area is 277 Å². The van der Waals surface area contributed by atoms with Crippen molar-refractivity contribution in [1.29, 1.82) is 0 Å². The van der Waals surface area contributed by atoms with Gasteiger partial charge in [-0.25, -0.2) is 0 Å². The summed E-state index contributed by atoms with van der Waals surface area (Å²) in [5, 5.41) is 12.6. The molecule has 0 saturated heterocycles. The third kappa shape index (κ3) is 7.53. The molecule has 4 aromatic rings. The molecule has 0 bridgehead atoms. The van der Waals surface area contributed by atoms with Crippen molar-refractivity contribution >= 4 is 17.3 Å². The number of benzene rings is 2. The number of unbranched alkanes of at least 4 members (excludes halogenated alkanes) is 2. The average molecular weight is 639 g/mol. The summed E-state index contributed by atoms with van der Waals surface area (Å²) in [5.74, 6) is 3.19. The van der Waals surface area contributed by atoms with E-state index in [0.29, 0.717) is 49.2 Å². The van der Waals surface area contributed by atoms with Gasteiger partial charge in [0.1, 0.15) is 23.6 Å². The van der Waals surface area contributed by atoms with Gasteiger partial charge in [-0.05, 0) is 74.4 Å². The molecule has 1 aliphatic carbocycles. The average Bonchev–Trinajstić information content (AvgIpc) is 3.70. The van der Waals surface area contributed by atoms with Crippen LogP contribution in [-0.2, 0) is 13.1 Å². The molecule has 1 amide bonds. The number of hydrogen-bond donors (Lipinski definition) is 1. The fraction of sp³-hybridized carbons (Fsp3) is 0.459. The Hall–Kier alpha value is -4.60. The van der Waals surface area contributed by atoms with Gasteiger partial charge in [0.25, 0.3) is 5.91 Å². The minimum Gasteiger partial charge on any atom is -0.497 e. The molecule has 1 fully saturated rings. The van der Waals surface area contributed by atoms with E-state index in [1.54, 1.807) is 12.0 Å². The normalized spacial score (nSPS) is 17.4. The number of fused-ring (bicyclic) bond motifs is 1. The van der Waals surface area contributed by atoms with Gasteiger partial charge in [-0.3, -0.25) is 9.69 Å². The fourth-order valence-corrected chi connectivity index (χ4v) is 6.45. The van der Waals surface area contributed by atoms with Gasteiger partial charge in [0, 0.05) is 34.8 Å². The molecule has 10 nitrogen and oxygen atoms in total. The largest absolute Gasteiger partial charge is 0.497 e. The van der Waals surface area contributed by atoms with Crippen LogP contribution in [0.1, 0.15) is 98.4 Å². The SMILES string of the molecule is CCCCOc1ccc(N2Cc3c(NC4CCC(c5nncn5Cc5ccc(OC)cc5)CC4)cccc3C2=O)c(OCCCC)n1. The van der Waals surface area contributed by atoms with Crippen molar-refractivity contribution in [2.24, 2.45) is 0 Å². The first-order valence-corrected chi connectivity index (χ1v) is 17.1. The van der Waals surface area contributed by atoms with Crippen LogP contribution in [0.2, 0.25) is 0 Å². The van der Waals surface area contributed by atoms with Crippen molar-refractivity contribution in [3.8, 4) is 17.5 Å². The molecule has 248 valence electrons. The molecule has 1 aliphatic heterocycles. The van der Waals surface area contributed by atoms with Crippen LogP contribution in [0.15, 0.2) is 60.9 Å². The third-order valence-electron chi connectivity index (χ3n) is 9.17. The molecule has 47 heavy (non-hydrogen) atoms. The number of nitrogens with zero attached hydrogens (tertiary/aromatic N) is 5. The fourth-order valence-electron chi connectivity index (χ4n) is 6.45. The maximum atomic E-state index is 13.8. The number of nitrogens with one attached hydrogen (secondary N) is 1. The highest BCUT2D eigenvalue weighted by Crippen LogP contribution is 2.39. The molecule has 2 aromatic heterocycles. The van der Waals surface area contributed by atoms with Gasteiger partial charge >= 0.3 is 0 Å². The quantitative estimate of drug-likeness (QED) is 0.135. The summed E-state index contributed by atoms with van der Waals surface area (Å²) >= 11 is 0. The maximum absolute atomic E-state index is 13.8. The molecular weight excluding hydrogens is 592 g/mol. The molecule has 0 atom stereocenters. The van der Waals surface area contributed by atoms with Gasteiger partial charge in [0.15, 0.2) is 0 Å². The van der Waals surface area contributed by atoms with Crippen LogP contribution in [0.4, 0.5) is 11.4 Å². The van der Waals surface area contributed by atoms with E-state index in [2.05, 4.69) is 57.1 Å². The van der Waals surface area contributed by atoms with Gasteiger partial charge in [0.2, 0.25) is 11.8 Å². The smallest absolute Gasteiger partial charge is 0.259 e. The lowest BCUT2D eigenvalue weighted by Gasteiger charge is -2.30. The highest BCUT2D eigenvalue weighted by molar-refractivity contribution is 6.11. The highest BCUT2D eigenvalue weighted by Gasteiger charge is 2.34. The molecule has 10 heteroatoms. The molecule has 2 aromatic carbocycles. The number of ether oxygens (including phenoxy) is 3. The summed E-state index contributed by atoms with van der Waals surface area (Å²) in [7, 11) is 1.68. The Bertz CT molecular complexity index is 1630. The van der Waals surface area contributed by atoms with Gasteiger partial charge in [-0.2, -0.15) is 4.98 Å². The topological polar surface area (TPSA) is 104 Å². The Morgan fingerprint density at radius 1 is 0.915 bits per heavy atom. The summed E-state index contributed by atoms with van der Waals surface area (Å²) in [6, 6.07) is 18.2. The van der Waals surface area contributed by atoms with Crippen LogP contribution in [0, 0.1) is 0 Å². The number of carbonyl (C=O) groups excluding carboxylic acids is 1. The van der Waals surface area contributed by atoms with Crippen LogP contribution in [0.3, 0.4) is 0 Å². The van der Waals surface area contributed by atoms with Crippen molar-refractivity contribution in [1.82, 2.24) is 19.7 Å². The van der Waals surface area contributed by atoms with E-state index in [1.165, 1.54) is 5.56 Å². The lowest BCUT2D eigenvalue weighted by atomic mass is 9.85. The summed E-state index contributed by atoms with van der Waals surface area (Å²) < 4.78 is 19.4. The summed E-state index contributed by atoms with van der Waals surface area (Å²) in [4.78, 5) is 20.2. The third-order valence-corrected chi connectivity index (χ3v) is 9.17. The monoisotopic (exact) mass is 638 g/mol. The van der Waals surface area contributed by atoms with E-state index in [4.69, 9.17) is 14.2 Å². The van der Waals surface area contributed by atoms with E-state index in [-0.39, 0.29) is 5.91 Å². The van der Waals surface area contributed by atoms with E-state index >= 15 is 0 Å². The molecule has 0 unspecified atom stereocenters. The van der Waals surface area contributed by atoms with Crippen LogP contribution in [0.5, 0.6) is 17.5 Å². The first-order valence-electron chi connectivity index (χ1n) is 17.1. The number of methoxy groups -OCH3 is 1. The van der Waals surface area contributed by atoms with Gasteiger partial charge < -0.3 is 24.1 Å². The summed E-state index contributed by atoms with van der Waals surface area (Å²) in [6.07, 6.45) is 9.84. The molecule has 6 rings (SSSR count). The minimum atomic E-state index is -0.0367. The Morgan fingerprint density at radius 3 is 2.43 bits per heavy atom. The van der Waals surface area contributed by atoms with Crippen molar-refractivity contribution < 1.29 is 19.0 Å². The zero-order chi connectivity index (χ0) is 32.6. The number of rotatable bonds is 15. The highest BCUT2D eigenvalue weighted by atomic mass is 16.5. The maximum Gasteiger partial charge on any atom is 0.259 e. The number of hydrogen-bond acceptors (Lipinski definition) is 8. The van der Waals surface area contributed by atoms with Crippen LogP contribution < -0.4 is 24.4 Å². The number of anilines is 2. The van der Waals surface area contributed by atoms with E-state index in [9.17, 15) is 4.79 Å². The van der Waals surface area contributed by atoms with Gasteiger partial charge in [0.05, 0.1) is 33.4 Å². The predicted molar refractivity (Wildman–Crippen MR) is 183 cm³/mol. The summed E-state index contributed by atoms with van der Waals surface area (Å²) in [6.45, 7) is 6.59. The standard InChI is InChI=1S/C37H46N6O4/c1-4-6-21-46-34-20-19-33(36(40-34)47-22-7-5-2)43-24-31-30(37(43)44)9-8-10-32(31)39-28-15-13-27(14-16-28)35-41-38-25-42(35)23-26-11-17-29(45-3)18-12-26/h8-12,17-20,25,27-28,39H,4-7,13-16,21-24H2,1-3H3. The second kappa shape index (κ2) is 15.3. The molecular formula is C37H46N6O4. The van der Waals surface area contributed by atoms with Gasteiger partial charge in [-0.15, -0.1) is 10.2 Å².